The number of hydrogen-bond acceptors (Lipinski definition) is 2. The SMILES string of the molecule is COc1cccc(CC(=O)Cc2cc(F)cc(Br)c2)c1. The molecule has 2 aromatic carbocycles. The largest absolute Gasteiger partial charge is 0.497 e. The van der Waals surface area contributed by atoms with Crippen LogP contribution in [0.5, 0.6) is 5.75 Å². The van der Waals surface area contributed by atoms with Gasteiger partial charge in [-0.3, -0.25) is 4.79 Å². The third-order valence-corrected chi connectivity index (χ3v) is 3.32. The van der Waals surface area contributed by atoms with Gasteiger partial charge in [0.25, 0.3) is 0 Å². The molecule has 2 nitrogen and oxygen atoms in total. The monoisotopic (exact) mass is 336 g/mol. The molecule has 0 aliphatic heterocycles. The van der Waals surface area contributed by atoms with Gasteiger partial charge in [-0.15, -0.1) is 0 Å². The molecule has 0 aromatic heterocycles. The molecule has 0 unspecified atom stereocenters. The minimum atomic E-state index is -0.344. The second-order valence-electron chi connectivity index (χ2n) is 4.52. The van der Waals surface area contributed by atoms with Gasteiger partial charge in [-0.1, -0.05) is 28.1 Å². The van der Waals surface area contributed by atoms with Gasteiger partial charge in [-0.2, -0.15) is 0 Å². The third kappa shape index (κ3) is 4.17. The topological polar surface area (TPSA) is 26.3 Å². The van der Waals surface area contributed by atoms with Crippen LogP contribution < -0.4 is 4.74 Å². The van der Waals surface area contributed by atoms with Gasteiger partial charge in [-0.25, -0.2) is 4.39 Å². The lowest BCUT2D eigenvalue weighted by atomic mass is 10.0. The number of halogens is 2. The molecule has 104 valence electrons. The molecule has 0 saturated carbocycles. The van der Waals surface area contributed by atoms with Crippen molar-refractivity contribution in [2.75, 3.05) is 7.11 Å². The predicted octanol–water partition coefficient (Wildman–Crippen LogP) is 3.95. The fraction of sp³-hybridized carbons (Fsp3) is 0.188. The summed E-state index contributed by atoms with van der Waals surface area (Å²) in [6.07, 6.45) is 0.527. The summed E-state index contributed by atoms with van der Waals surface area (Å²) < 4.78 is 19.0. The second kappa shape index (κ2) is 6.66. The van der Waals surface area contributed by atoms with Crippen LogP contribution in [0.25, 0.3) is 0 Å². The first-order chi connectivity index (χ1) is 9.56. The van der Waals surface area contributed by atoms with Crippen LogP contribution in [0, 0.1) is 5.82 Å². The number of benzene rings is 2. The highest BCUT2D eigenvalue weighted by molar-refractivity contribution is 9.10. The molecule has 0 bridgehead atoms. The third-order valence-electron chi connectivity index (χ3n) is 2.86. The zero-order valence-electron chi connectivity index (χ0n) is 11.0. The highest BCUT2D eigenvalue weighted by Crippen LogP contribution is 2.17. The average molecular weight is 337 g/mol. The van der Waals surface area contributed by atoms with Gasteiger partial charge in [0.2, 0.25) is 0 Å². The van der Waals surface area contributed by atoms with Crippen LogP contribution in [-0.4, -0.2) is 12.9 Å². The minimum absolute atomic E-state index is 0.0377. The van der Waals surface area contributed by atoms with E-state index in [1.54, 1.807) is 13.2 Å². The fourth-order valence-corrected chi connectivity index (χ4v) is 2.53. The van der Waals surface area contributed by atoms with Gasteiger partial charge in [0.05, 0.1) is 7.11 Å². The van der Waals surface area contributed by atoms with Crippen LogP contribution in [0.4, 0.5) is 4.39 Å². The maximum Gasteiger partial charge on any atom is 0.141 e. The maximum absolute atomic E-state index is 13.2. The number of Topliss-reactive ketones (excluding diaryl/α,β-unsaturated/α-hetero) is 1. The summed E-state index contributed by atoms with van der Waals surface area (Å²) in [5, 5.41) is 0. The summed E-state index contributed by atoms with van der Waals surface area (Å²) >= 11 is 3.22. The molecule has 0 aliphatic rings. The number of hydrogen-bond donors (Lipinski definition) is 0. The van der Waals surface area contributed by atoms with Crippen molar-refractivity contribution >= 4 is 21.7 Å². The van der Waals surface area contributed by atoms with Gasteiger partial charge in [0, 0.05) is 17.3 Å². The van der Waals surface area contributed by atoms with E-state index in [2.05, 4.69) is 15.9 Å². The molecule has 0 atom stereocenters. The zero-order valence-corrected chi connectivity index (χ0v) is 12.6. The summed E-state index contributed by atoms with van der Waals surface area (Å²) in [4.78, 5) is 12.0. The summed E-state index contributed by atoms with van der Waals surface area (Å²) in [7, 11) is 1.59. The molecule has 20 heavy (non-hydrogen) atoms. The van der Waals surface area contributed by atoms with Crippen LogP contribution in [0.3, 0.4) is 0 Å². The van der Waals surface area contributed by atoms with Crippen molar-refractivity contribution in [3.63, 3.8) is 0 Å². The van der Waals surface area contributed by atoms with Crippen molar-refractivity contribution in [2.24, 2.45) is 0 Å². The van der Waals surface area contributed by atoms with Crippen molar-refractivity contribution in [1.29, 1.82) is 0 Å². The molecule has 0 N–H and O–H groups in total. The quantitative estimate of drug-likeness (QED) is 0.826. The summed E-state index contributed by atoms with van der Waals surface area (Å²) in [6, 6.07) is 11.9. The molecule has 0 spiro atoms. The summed E-state index contributed by atoms with van der Waals surface area (Å²) in [5.41, 5.74) is 1.56. The second-order valence-corrected chi connectivity index (χ2v) is 5.44. The number of ether oxygens (including phenoxy) is 1. The standard InChI is InChI=1S/C16H14BrFO2/c1-20-16-4-2-3-11(9-16)7-15(19)8-12-5-13(17)10-14(18)6-12/h2-6,9-10H,7-8H2,1H3. The molecule has 0 saturated heterocycles. The molecule has 2 rings (SSSR count). The smallest absolute Gasteiger partial charge is 0.141 e. The van der Waals surface area contributed by atoms with Gasteiger partial charge < -0.3 is 4.74 Å². The first kappa shape index (κ1) is 14.7. The van der Waals surface area contributed by atoms with Gasteiger partial charge in [0.1, 0.15) is 17.3 Å². The van der Waals surface area contributed by atoms with Crippen molar-refractivity contribution in [1.82, 2.24) is 0 Å². The summed E-state index contributed by atoms with van der Waals surface area (Å²) in [5.74, 6) is 0.420. The lowest BCUT2D eigenvalue weighted by molar-refractivity contribution is -0.117. The Kier molecular flexibility index (Phi) is 4.90. The van der Waals surface area contributed by atoms with Crippen LogP contribution >= 0.6 is 15.9 Å². The van der Waals surface area contributed by atoms with E-state index in [1.165, 1.54) is 12.1 Å². The Balaban J connectivity index is 2.04. The first-order valence-electron chi connectivity index (χ1n) is 6.16. The van der Waals surface area contributed by atoms with Gasteiger partial charge in [-0.05, 0) is 41.5 Å². The Morgan fingerprint density at radius 1 is 1.15 bits per heavy atom. The van der Waals surface area contributed by atoms with Crippen LogP contribution in [0.15, 0.2) is 46.9 Å². The predicted molar refractivity (Wildman–Crippen MR) is 79.5 cm³/mol. The number of rotatable bonds is 5. The molecule has 0 aliphatic carbocycles. The van der Waals surface area contributed by atoms with Crippen LogP contribution in [-0.2, 0) is 17.6 Å². The molecular weight excluding hydrogens is 323 g/mol. The van der Waals surface area contributed by atoms with Crippen molar-refractivity contribution in [2.45, 2.75) is 12.8 Å². The van der Waals surface area contributed by atoms with Crippen LogP contribution in [0.2, 0.25) is 0 Å². The van der Waals surface area contributed by atoms with Crippen molar-refractivity contribution in [3.05, 3.63) is 63.9 Å². The van der Waals surface area contributed by atoms with E-state index in [0.717, 1.165) is 11.3 Å². The Hall–Kier alpha value is -1.68. The molecule has 2 aromatic rings. The number of carbonyl (C=O) groups is 1. The molecule has 0 amide bonds. The Morgan fingerprint density at radius 2 is 1.90 bits per heavy atom. The average Bonchev–Trinajstić information content (AvgIpc) is 2.37. The Labute approximate surface area is 125 Å². The minimum Gasteiger partial charge on any atom is -0.497 e. The first-order valence-corrected chi connectivity index (χ1v) is 6.96. The number of ketones is 1. The zero-order chi connectivity index (χ0) is 14.5. The normalized spacial score (nSPS) is 10.3. The molecule has 0 heterocycles. The van der Waals surface area contributed by atoms with E-state index in [-0.39, 0.29) is 18.0 Å². The Bertz CT molecular complexity index is 605. The van der Waals surface area contributed by atoms with E-state index >= 15 is 0 Å². The molecule has 0 fully saturated rings. The molecule has 0 radical (unpaired) electrons. The van der Waals surface area contributed by atoms with E-state index in [9.17, 15) is 9.18 Å². The van der Waals surface area contributed by atoms with E-state index < -0.39 is 0 Å². The fourth-order valence-electron chi connectivity index (χ4n) is 2.01. The lowest BCUT2D eigenvalue weighted by Crippen LogP contribution is -2.07. The number of carbonyl (C=O) groups excluding carboxylic acids is 1. The maximum atomic E-state index is 13.2. The van der Waals surface area contributed by atoms with E-state index in [1.807, 2.05) is 24.3 Å². The molecular formula is C16H14BrFO2. The van der Waals surface area contributed by atoms with Crippen molar-refractivity contribution < 1.29 is 13.9 Å². The summed E-state index contributed by atoms with van der Waals surface area (Å²) in [6.45, 7) is 0. The van der Waals surface area contributed by atoms with Crippen LogP contribution in [0.1, 0.15) is 11.1 Å². The van der Waals surface area contributed by atoms with Gasteiger partial charge in [0.15, 0.2) is 0 Å². The van der Waals surface area contributed by atoms with Crippen molar-refractivity contribution in [3.8, 4) is 5.75 Å². The Morgan fingerprint density at radius 3 is 2.60 bits per heavy atom. The number of methoxy groups -OCH3 is 1. The van der Waals surface area contributed by atoms with E-state index in [0.29, 0.717) is 16.5 Å². The van der Waals surface area contributed by atoms with E-state index in [4.69, 9.17) is 4.74 Å². The highest BCUT2D eigenvalue weighted by Gasteiger charge is 2.08. The highest BCUT2D eigenvalue weighted by atomic mass is 79.9. The molecule has 4 heteroatoms. The van der Waals surface area contributed by atoms with Gasteiger partial charge >= 0.3 is 0 Å². The lowest BCUT2D eigenvalue weighted by Gasteiger charge is -2.05.